The smallest absolute Gasteiger partial charge is 0.249 e. The van der Waals surface area contributed by atoms with E-state index in [0.29, 0.717) is 5.56 Å². The normalized spacial score (nSPS) is 12.8. The van der Waals surface area contributed by atoms with Crippen LogP contribution in [0.5, 0.6) is 0 Å². The SMILES string of the molecule is CC1=C(C)c2c(-c3cccc(Nc4nc(Cl)nc(Cl)n4)c3C)ccc(C(N)=O)c2C1. The van der Waals surface area contributed by atoms with Crippen LogP contribution in [0.15, 0.2) is 35.9 Å². The topological polar surface area (TPSA) is 93.8 Å². The molecule has 8 heteroatoms. The number of fused-ring (bicyclic) bond motifs is 1. The zero-order chi connectivity index (χ0) is 21.6. The van der Waals surface area contributed by atoms with Gasteiger partial charge in [-0.2, -0.15) is 15.0 Å². The number of amides is 1. The van der Waals surface area contributed by atoms with Crippen LogP contribution >= 0.6 is 23.2 Å². The highest BCUT2D eigenvalue weighted by atomic mass is 35.5. The molecule has 4 rings (SSSR count). The van der Waals surface area contributed by atoms with Crippen LogP contribution in [0.3, 0.4) is 0 Å². The molecule has 0 atom stereocenters. The molecule has 1 heterocycles. The Morgan fingerprint density at radius 3 is 2.37 bits per heavy atom. The Labute approximate surface area is 184 Å². The van der Waals surface area contributed by atoms with Gasteiger partial charge >= 0.3 is 0 Å². The molecular weight excluding hydrogens is 421 g/mol. The van der Waals surface area contributed by atoms with E-state index in [9.17, 15) is 4.79 Å². The summed E-state index contributed by atoms with van der Waals surface area (Å²) in [6.45, 7) is 6.18. The highest BCUT2D eigenvalue weighted by molar-refractivity contribution is 6.31. The molecule has 1 aromatic heterocycles. The van der Waals surface area contributed by atoms with Gasteiger partial charge in [0.15, 0.2) is 0 Å². The van der Waals surface area contributed by atoms with Gasteiger partial charge in [-0.15, -0.1) is 0 Å². The molecule has 0 saturated heterocycles. The van der Waals surface area contributed by atoms with Crippen LogP contribution in [0, 0.1) is 6.92 Å². The van der Waals surface area contributed by atoms with Crippen LogP contribution < -0.4 is 11.1 Å². The third kappa shape index (κ3) is 3.53. The highest BCUT2D eigenvalue weighted by Crippen LogP contribution is 2.42. The summed E-state index contributed by atoms with van der Waals surface area (Å²) in [6, 6.07) is 9.70. The van der Waals surface area contributed by atoms with E-state index in [1.807, 2.05) is 37.3 Å². The maximum Gasteiger partial charge on any atom is 0.249 e. The average Bonchev–Trinajstić information content (AvgIpc) is 2.97. The molecule has 152 valence electrons. The Bertz CT molecular complexity index is 1220. The lowest BCUT2D eigenvalue weighted by Gasteiger charge is -2.17. The number of carbonyl (C=O) groups is 1. The lowest BCUT2D eigenvalue weighted by Crippen LogP contribution is -2.14. The predicted octanol–water partition coefficient (Wildman–Crippen LogP) is 5.35. The van der Waals surface area contributed by atoms with Gasteiger partial charge in [-0.3, -0.25) is 4.79 Å². The van der Waals surface area contributed by atoms with Crippen molar-refractivity contribution >= 4 is 46.3 Å². The number of nitrogens with zero attached hydrogens (tertiary/aromatic N) is 3. The van der Waals surface area contributed by atoms with Crippen molar-refractivity contribution in [2.24, 2.45) is 5.73 Å². The first-order chi connectivity index (χ1) is 14.3. The van der Waals surface area contributed by atoms with Crippen molar-refractivity contribution in [2.45, 2.75) is 27.2 Å². The molecule has 0 radical (unpaired) electrons. The third-order valence-electron chi connectivity index (χ3n) is 5.49. The number of hydrogen-bond acceptors (Lipinski definition) is 5. The van der Waals surface area contributed by atoms with Gasteiger partial charge in [0.1, 0.15) is 0 Å². The number of benzene rings is 2. The first-order valence-corrected chi connectivity index (χ1v) is 10.1. The van der Waals surface area contributed by atoms with Gasteiger partial charge in [0.2, 0.25) is 22.4 Å². The number of halogens is 2. The maximum absolute atomic E-state index is 12.0. The van der Waals surface area contributed by atoms with Crippen molar-refractivity contribution in [3.63, 3.8) is 0 Å². The van der Waals surface area contributed by atoms with Gasteiger partial charge in [-0.05, 0) is 95.9 Å². The fourth-order valence-corrected chi connectivity index (χ4v) is 4.25. The summed E-state index contributed by atoms with van der Waals surface area (Å²) in [6.07, 6.45) is 0.728. The Morgan fingerprint density at radius 2 is 1.70 bits per heavy atom. The Morgan fingerprint density at radius 1 is 1.00 bits per heavy atom. The monoisotopic (exact) mass is 439 g/mol. The van der Waals surface area contributed by atoms with E-state index >= 15 is 0 Å². The van der Waals surface area contributed by atoms with Gasteiger partial charge in [0.05, 0.1) is 0 Å². The number of hydrogen-bond donors (Lipinski definition) is 2. The Balaban J connectivity index is 1.84. The number of primary amides is 1. The van der Waals surface area contributed by atoms with Gasteiger partial charge in [0, 0.05) is 11.3 Å². The summed E-state index contributed by atoms with van der Waals surface area (Å²) in [7, 11) is 0. The predicted molar refractivity (Wildman–Crippen MR) is 120 cm³/mol. The molecule has 2 aromatic carbocycles. The minimum atomic E-state index is -0.406. The van der Waals surface area contributed by atoms with Crippen LogP contribution in [0.25, 0.3) is 16.7 Å². The molecule has 3 N–H and O–H groups in total. The Hall–Kier alpha value is -2.96. The van der Waals surface area contributed by atoms with E-state index in [-0.39, 0.29) is 16.5 Å². The molecule has 0 saturated carbocycles. The van der Waals surface area contributed by atoms with E-state index in [0.717, 1.165) is 39.9 Å². The van der Waals surface area contributed by atoms with Gasteiger partial charge < -0.3 is 11.1 Å². The van der Waals surface area contributed by atoms with Crippen LogP contribution in [-0.2, 0) is 6.42 Å². The minimum absolute atomic E-state index is 0.0161. The Kier molecular flexibility index (Phi) is 5.22. The molecule has 0 aliphatic heterocycles. The van der Waals surface area contributed by atoms with Gasteiger partial charge in [-0.1, -0.05) is 23.8 Å². The zero-order valence-electron chi connectivity index (χ0n) is 16.7. The highest BCUT2D eigenvalue weighted by Gasteiger charge is 2.25. The number of nitrogens with two attached hydrogens (primary N) is 1. The molecule has 3 aromatic rings. The number of nitrogens with one attached hydrogen (secondary N) is 1. The summed E-state index contributed by atoms with van der Waals surface area (Å²) in [4.78, 5) is 23.9. The fraction of sp³-hybridized carbons (Fsp3) is 0.182. The molecule has 0 fully saturated rings. The molecule has 1 aliphatic carbocycles. The molecule has 30 heavy (non-hydrogen) atoms. The molecule has 0 bridgehead atoms. The number of rotatable bonds is 4. The first kappa shape index (κ1) is 20.3. The second-order valence-corrected chi connectivity index (χ2v) is 7.94. The van der Waals surface area contributed by atoms with Crippen LogP contribution in [0.1, 0.15) is 40.9 Å². The third-order valence-corrected chi connectivity index (χ3v) is 5.82. The maximum atomic E-state index is 12.0. The molecule has 0 spiro atoms. The molecule has 1 aliphatic rings. The molecule has 1 amide bonds. The van der Waals surface area contributed by atoms with Crippen LogP contribution in [-0.4, -0.2) is 20.9 Å². The van der Waals surface area contributed by atoms with Crippen molar-refractivity contribution < 1.29 is 4.79 Å². The molecule has 6 nitrogen and oxygen atoms in total. The quantitative estimate of drug-likeness (QED) is 0.571. The van der Waals surface area contributed by atoms with Gasteiger partial charge in [-0.25, -0.2) is 0 Å². The van der Waals surface area contributed by atoms with Crippen molar-refractivity contribution in [3.05, 3.63) is 68.7 Å². The van der Waals surface area contributed by atoms with E-state index in [1.54, 1.807) is 0 Å². The fourth-order valence-electron chi connectivity index (χ4n) is 3.89. The minimum Gasteiger partial charge on any atom is -0.366 e. The average molecular weight is 440 g/mol. The van der Waals surface area contributed by atoms with E-state index in [1.165, 1.54) is 11.1 Å². The molecule has 0 unspecified atom stereocenters. The van der Waals surface area contributed by atoms with Crippen molar-refractivity contribution in [1.29, 1.82) is 0 Å². The number of carbonyl (C=O) groups excluding carboxylic acids is 1. The summed E-state index contributed by atoms with van der Waals surface area (Å²) in [5.74, 6) is -0.141. The summed E-state index contributed by atoms with van der Waals surface area (Å²) < 4.78 is 0. The standard InChI is InChI=1S/C22H19Cl2N5O/c1-10-9-16-15(19(25)30)8-7-14(18(16)11(10)2)13-5-4-6-17(12(13)3)26-22-28-20(23)27-21(24)29-22/h4-8H,9H2,1-3H3,(H2,25,30)(H,26,27,28,29). The number of aromatic nitrogens is 3. The van der Waals surface area contributed by atoms with Crippen molar-refractivity contribution in [3.8, 4) is 11.1 Å². The van der Waals surface area contributed by atoms with E-state index < -0.39 is 5.91 Å². The lowest BCUT2D eigenvalue weighted by molar-refractivity contribution is 0.0999. The van der Waals surface area contributed by atoms with Crippen molar-refractivity contribution in [2.75, 3.05) is 5.32 Å². The molecular formula is C22H19Cl2N5O. The van der Waals surface area contributed by atoms with Gasteiger partial charge in [0.25, 0.3) is 0 Å². The van der Waals surface area contributed by atoms with E-state index in [4.69, 9.17) is 28.9 Å². The van der Waals surface area contributed by atoms with Crippen LogP contribution in [0.2, 0.25) is 10.6 Å². The lowest BCUT2D eigenvalue weighted by atomic mass is 9.89. The number of anilines is 2. The summed E-state index contributed by atoms with van der Waals surface area (Å²) >= 11 is 11.8. The second kappa shape index (κ2) is 7.70. The second-order valence-electron chi connectivity index (χ2n) is 7.26. The largest absolute Gasteiger partial charge is 0.366 e. The van der Waals surface area contributed by atoms with Crippen molar-refractivity contribution in [1.82, 2.24) is 15.0 Å². The summed E-state index contributed by atoms with van der Waals surface area (Å²) in [5.41, 5.74) is 14.6. The summed E-state index contributed by atoms with van der Waals surface area (Å²) in [5, 5.41) is 3.20. The van der Waals surface area contributed by atoms with Crippen LogP contribution in [0.4, 0.5) is 11.6 Å². The zero-order valence-corrected chi connectivity index (χ0v) is 18.2. The first-order valence-electron chi connectivity index (χ1n) is 9.32. The van der Waals surface area contributed by atoms with E-state index in [2.05, 4.69) is 34.1 Å². The number of allylic oxidation sites excluding steroid dienone is 2.